The third-order valence-corrected chi connectivity index (χ3v) is 3.03. The van der Waals surface area contributed by atoms with Gasteiger partial charge in [0.2, 0.25) is 0 Å². The highest BCUT2D eigenvalue weighted by atomic mass is 15.2. The topological polar surface area (TPSA) is 15.3 Å². The number of nitrogens with zero attached hydrogens (tertiary/aromatic N) is 1. The van der Waals surface area contributed by atoms with Crippen LogP contribution in [0.1, 0.15) is 5.56 Å². The van der Waals surface area contributed by atoms with Crippen LogP contribution < -0.4 is 10.2 Å². The van der Waals surface area contributed by atoms with E-state index >= 15 is 0 Å². The Hall–Kier alpha value is -1.28. The third-order valence-electron chi connectivity index (χ3n) is 3.03. The van der Waals surface area contributed by atoms with Crippen molar-refractivity contribution in [2.75, 3.05) is 24.5 Å². The van der Waals surface area contributed by atoms with Crippen LogP contribution in [0.5, 0.6) is 0 Å². The molecule has 14 heavy (non-hydrogen) atoms. The molecule has 1 atom stereocenters. The van der Waals surface area contributed by atoms with Crippen LogP contribution in [0.25, 0.3) is 6.08 Å². The highest BCUT2D eigenvalue weighted by Crippen LogP contribution is 2.28. The summed E-state index contributed by atoms with van der Waals surface area (Å²) in [7, 11) is 0. The Morgan fingerprint density at radius 1 is 1.29 bits per heavy atom. The van der Waals surface area contributed by atoms with Crippen LogP contribution in [0.3, 0.4) is 0 Å². The van der Waals surface area contributed by atoms with E-state index in [0.29, 0.717) is 6.04 Å². The lowest BCUT2D eigenvalue weighted by atomic mass is 10.0. The van der Waals surface area contributed by atoms with E-state index in [1.807, 2.05) is 0 Å². The summed E-state index contributed by atoms with van der Waals surface area (Å²) in [6, 6.07) is 9.18. The molecule has 2 heterocycles. The number of hydrogen-bond donors (Lipinski definition) is 1. The van der Waals surface area contributed by atoms with Crippen molar-refractivity contribution < 1.29 is 0 Å². The number of fused-ring (bicyclic) bond motifs is 3. The van der Waals surface area contributed by atoms with Crippen LogP contribution in [-0.4, -0.2) is 25.7 Å². The molecule has 1 saturated heterocycles. The first kappa shape index (κ1) is 8.06. The van der Waals surface area contributed by atoms with Crippen LogP contribution in [0.2, 0.25) is 0 Å². The minimum atomic E-state index is 0.554. The molecule has 0 spiro atoms. The molecule has 0 saturated carbocycles. The molecule has 1 unspecified atom stereocenters. The summed E-state index contributed by atoms with van der Waals surface area (Å²) < 4.78 is 0. The van der Waals surface area contributed by atoms with Gasteiger partial charge in [-0.2, -0.15) is 0 Å². The number of piperazine rings is 1. The second kappa shape index (κ2) is 3.14. The molecule has 3 rings (SSSR count). The number of hydrogen-bond acceptors (Lipinski definition) is 2. The maximum atomic E-state index is 3.42. The van der Waals surface area contributed by atoms with Crippen molar-refractivity contribution in [1.29, 1.82) is 0 Å². The summed E-state index contributed by atoms with van der Waals surface area (Å²) in [5, 5.41) is 3.42. The normalized spacial score (nSPS) is 24.3. The van der Waals surface area contributed by atoms with Gasteiger partial charge in [0.25, 0.3) is 0 Å². The summed E-state index contributed by atoms with van der Waals surface area (Å²) in [6.07, 6.45) is 4.54. The van der Waals surface area contributed by atoms with E-state index in [-0.39, 0.29) is 0 Å². The lowest BCUT2D eigenvalue weighted by Crippen LogP contribution is -2.51. The highest BCUT2D eigenvalue weighted by molar-refractivity contribution is 5.72. The molecule has 0 aromatic heterocycles. The predicted octanol–water partition coefficient (Wildman–Crippen LogP) is 1.49. The van der Waals surface area contributed by atoms with Gasteiger partial charge in [-0.05, 0) is 11.6 Å². The van der Waals surface area contributed by atoms with E-state index in [1.54, 1.807) is 0 Å². The lowest BCUT2D eigenvalue weighted by molar-refractivity contribution is 0.528. The van der Waals surface area contributed by atoms with Crippen molar-refractivity contribution in [3.8, 4) is 0 Å². The monoisotopic (exact) mass is 186 g/mol. The molecule has 1 N–H and O–H groups in total. The minimum absolute atomic E-state index is 0.554. The molecular formula is C12H14N2. The van der Waals surface area contributed by atoms with E-state index in [4.69, 9.17) is 0 Å². The molecule has 2 aliphatic rings. The van der Waals surface area contributed by atoms with Gasteiger partial charge < -0.3 is 10.2 Å². The SMILES string of the molecule is C1=CC2CNCCN2c2ccccc21. The lowest BCUT2D eigenvalue weighted by Gasteiger charge is -2.39. The molecule has 0 amide bonds. The van der Waals surface area contributed by atoms with Gasteiger partial charge in [0.1, 0.15) is 0 Å². The molecule has 0 bridgehead atoms. The van der Waals surface area contributed by atoms with E-state index in [0.717, 1.165) is 19.6 Å². The number of rotatable bonds is 0. The Balaban J connectivity index is 2.05. The van der Waals surface area contributed by atoms with E-state index in [9.17, 15) is 0 Å². The zero-order valence-corrected chi connectivity index (χ0v) is 8.11. The predicted molar refractivity (Wildman–Crippen MR) is 59.5 cm³/mol. The Labute approximate surface area is 84.2 Å². The summed E-state index contributed by atoms with van der Waals surface area (Å²) in [4.78, 5) is 2.49. The largest absolute Gasteiger partial charge is 0.362 e. The van der Waals surface area contributed by atoms with Crippen molar-refractivity contribution in [1.82, 2.24) is 5.32 Å². The first-order valence-electron chi connectivity index (χ1n) is 5.20. The average molecular weight is 186 g/mol. The standard InChI is InChI=1S/C12H14N2/c1-2-4-12-10(3-1)5-6-11-9-13-7-8-14(11)12/h1-6,11,13H,7-9H2. The number of nitrogens with one attached hydrogen (secondary N) is 1. The van der Waals surface area contributed by atoms with E-state index in [1.165, 1.54) is 11.3 Å². The second-order valence-corrected chi connectivity index (χ2v) is 3.88. The highest BCUT2D eigenvalue weighted by Gasteiger charge is 2.23. The summed E-state index contributed by atoms with van der Waals surface area (Å²) >= 11 is 0. The number of anilines is 1. The summed E-state index contributed by atoms with van der Waals surface area (Å²) in [5.41, 5.74) is 2.74. The van der Waals surface area contributed by atoms with Gasteiger partial charge in [-0.1, -0.05) is 30.4 Å². The molecule has 2 nitrogen and oxygen atoms in total. The maximum absolute atomic E-state index is 3.42. The van der Waals surface area contributed by atoms with Gasteiger partial charge in [0, 0.05) is 25.3 Å². The van der Waals surface area contributed by atoms with E-state index < -0.39 is 0 Å². The maximum Gasteiger partial charge on any atom is 0.0601 e. The minimum Gasteiger partial charge on any atom is -0.362 e. The molecule has 0 radical (unpaired) electrons. The van der Waals surface area contributed by atoms with Gasteiger partial charge in [0.15, 0.2) is 0 Å². The average Bonchev–Trinajstić information content (AvgIpc) is 2.29. The molecule has 0 aliphatic carbocycles. The van der Waals surface area contributed by atoms with Gasteiger partial charge in [-0.25, -0.2) is 0 Å². The Morgan fingerprint density at radius 2 is 2.21 bits per heavy atom. The summed E-state index contributed by atoms with van der Waals surface area (Å²) in [6.45, 7) is 3.29. The van der Waals surface area contributed by atoms with Crippen molar-refractivity contribution in [3.63, 3.8) is 0 Å². The van der Waals surface area contributed by atoms with Crippen molar-refractivity contribution in [2.45, 2.75) is 6.04 Å². The fourth-order valence-corrected chi connectivity index (χ4v) is 2.30. The molecule has 2 aliphatic heterocycles. The number of para-hydroxylation sites is 1. The molecule has 1 aromatic rings. The van der Waals surface area contributed by atoms with Gasteiger partial charge in [0.05, 0.1) is 6.04 Å². The van der Waals surface area contributed by atoms with Crippen LogP contribution in [0, 0.1) is 0 Å². The van der Waals surface area contributed by atoms with Crippen molar-refractivity contribution in [2.24, 2.45) is 0 Å². The first-order valence-corrected chi connectivity index (χ1v) is 5.20. The smallest absolute Gasteiger partial charge is 0.0601 e. The fraction of sp³-hybridized carbons (Fsp3) is 0.333. The quantitative estimate of drug-likeness (QED) is 0.660. The molecular weight excluding hydrogens is 172 g/mol. The van der Waals surface area contributed by atoms with Crippen LogP contribution in [0.4, 0.5) is 5.69 Å². The van der Waals surface area contributed by atoms with Crippen molar-refractivity contribution >= 4 is 11.8 Å². The number of benzene rings is 1. The Bertz CT molecular complexity index is 370. The van der Waals surface area contributed by atoms with Crippen LogP contribution in [-0.2, 0) is 0 Å². The first-order chi connectivity index (χ1) is 6.95. The third kappa shape index (κ3) is 1.15. The van der Waals surface area contributed by atoms with Crippen molar-refractivity contribution in [3.05, 3.63) is 35.9 Å². The van der Waals surface area contributed by atoms with Crippen LogP contribution in [0.15, 0.2) is 30.3 Å². The molecule has 72 valence electrons. The second-order valence-electron chi connectivity index (χ2n) is 3.88. The Morgan fingerprint density at radius 3 is 3.21 bits per heavy atom. The van der Waals surface area contributed by atoms with Crippen LogP contribution >= 0.6 is 0 Å². The fourth-order valence-electron chi connectivity index (χ4n) is 2.30. The van der Waals surface area contributed by atoms with Gasteiger partial charge in [-0.15, -0.1) is 0 Å². The zero-order valence-electron chi connectivity index (χ0n) is 8.11. The van der Waals surface area contributed by atoms with E-state index in [2.05, 4.69) is 46.6 Å². The molecule has 1 aromatic carbocycles. The van der Waals surface area contributed by atoms with Gasteiger partial charge in [-0.3, -0.25) is 0 Å². The summed E-state index contributed by atoms with van der Waals surface area (Å²) in [5.74, 6) is 0. The zero-order chi connectivity index (χ0) is 9.38. The molecule has 1 fully saturated rings. The van der Waals surface area contributed by atoms with Gasteiger partial charge >= 0.3 is 0 Å². The Kier molecular flexibility index (Phi) is 1.81. The molecule has 2 heteroatoms.